The smallest absolute Gasteiger partial charge is 0.246 e. The number of hydrogen-bond acceptors (Lipinski definition) is 7. The summed E-state index contributed by atoms with van der Waals surface area (Å²) in [5, 5.41) is 4.97. The molecule has 0 unspecified atom stereocenters. The Kier molecular flexibility index (Phi) is 6.39. The lowest BCUT2D eigenvalue weighted by atomic mass is 10.1. The van der Waals surface area contributed by atoms with Crippen LogP contribution in [-0.4, -0.2) is 37.8 Å². The Balaban J connectivity index is 2.21. The van der Waals surface area contributed by atoms with Crippen molar-refractivity contribution in [2.24, 2.45) is 0 Å². The molecule has 0 atom stereocenters. The lowest BCUT2D eigenvalue weighted by Gasteiger charge is -2.14. The lowest BCUT2D eigenvalue weighted by Crippen LogP contribution is -2.05. The fourth-order valence-electron chi connectivity index (χ4n) is 3.08. The van der Waals surface area contributed by atoms with Gasteiger partial charge in [0.2, 0.25) is 10.8 Å². The summed E-state index contributed by atoms with van der Waals surface area (Å²) >= 11 is 1.38. The average molecular weight is 413 g/mol. The number of methoxy groups -OCH3 is 3. The van der Waals surface area contributed by atoms with Gasteiger partial charge >= 0.3 is 0 Å². The normalized spacial score (nSPS) is 10.6. The van der Waals surface area contributed by atoms with Crippen molar-refractivity contribution < 1.29 is 14.2 Å². The van der Waals surface area contributed by atoms with Crippen molar-refractivity contribution in [3.8, 4) is 28.6 Å². The molecule has 8 heteroatoms. The van der Waals surface area contributed by atoms with E-state index in [9.17, 15) is 0 Å². The van der Waals surface area contributed by atoms with E-state index in [0.29, 0.717) is 28.1 Å². The van der Waals surface area contributed by atoms with Crippen molar-refractivity contribution in [1.82, 2.24) is 9.97 Å². The molecule has 3 rings (SSSR count). The highest BCUT2D eigenvalue weighted by Crippen LogP contribution is 2.43. The number of fused-ring (bicyclic) bond motifs is 1. The maximum absolute atomic E-state index is 7.44. The largest absolute Gasteiger partial charge is 0.493 e. The zero-order valence-corrected chi connectivity index (χ0v) is 18.1. The molecule has 0 amide bonds. The first-order valence-corrected chi connectivity index (χ1v) is 10.1. The van der Waals surface area contributed by atoms with Gasteiger partial charge in [-0.2, -0.15) is 0 Å². The van der Waals surface area contributed by atoms with Gasteiger partial charge in [0.05, 0.1) is 27.9 Å². The Morgan fingerprint density at radius 1 is 1.10 bits per heavy atom. The second-order valence-electron chi connectivity index (χ2n) is 6.41. The first-order valence-electron chi connectivity index (χ1n) is 9.30. The van der Waals surface area contributed by atoms with Crippen LogP contribution in [0.15, 0.2) is 12.1 Å². The minimum absolute atomic E-state index is 0.517. The van der Waals surface area contributed by atoms with Gasteiger partial charge in [-0.05, 0) is 31.0 Å². The number of anilines is 1. The maximum Gasteiger partial charge on any atom is 0.246 e. The molecule has 29 heavy (non-hydrogen) atoms. The first kappa shape index (κ1) is 20.7. The van der Waals surface area contributed by atoms with Crippen LogP contribution < -0.4 is 19.5 Å². The standard InChI is InChI=1S/C21H24N4O3S/c1-7-8-9-23-19-16-12(2)20(22-3)29-21(16)25-18(24-19)13-10-14(26-4)17(28-6)15(11-13)27-5/h10-11H,7-9H2,1-2,4-6H3,(H,23,24,25). The van der Waals surface area contributed by atoms with Gasteiger partial charge < -0.3 is 19.5 Å². The molecular weight excluding hydrogens is 388 g/mol. The van der Waals surface area contributed by atoms with E-state index in [4.69, 9.17) is 30.8 Å². The zero-order valence-electron chi connectivity index (χ0n) is 17.3. The Hall–Kier alpha value is -3.05. The molecule has 0 aliphatic carbocycles. The summed E-state index contributed by atoms with van der Waals surface area (Å²) in [6, 6.07) is 3.66. The first-order chi connectivity index (χ1) is 14.1. The summed E-state index contributed by atoms with van der Waals surface area (Å²) in [5.41, 5.74) is 1.66. The van der Waals surface area contributed by atoms with Crippen molar-refractivity contribution in [2.45, 2.75) is 26.7 Å². The van der Waals surface area contributed by atoms with Crippen LogP contribution >= 0.6 is 11.3 Å². The van der Waals surface area contributed by atoms with Gasteiger partial charge in [0.1, 0.15) is 10.6 Å². The molecule has 2 heterocycles. The summed E-state index contributed by atoms with van der Waals surface area (Å²) in [4.78, 5) is 14.0. The van der Waals surface area contributed by atoms with Gasteiger partial charge in [0, 0.05) is 17.5 Å². The van der Waals surface area contributed by atoms with Crippen molar-refractivity contribution >= 4 is 32.4 Å². The van der Waals surface area contributed by atoms with Crippen molar-refractivity contribution in [3.05, 3.63) is 29.1 Å². The van der Waals surface area contributed by atoms with Crippen LogP contribution in [0.1, 0.15) is 25.3 Å². The van der Waals surface area contributed by atoms with Crippen LogP contribution in [-0.2, 0) is 0 Å². The summed E-state index contributed by atoms with van der Waals surface area (Å²) in [5.74, 6) is 2.87. The maximum atomic E-state index is 7.44. The highest BCUT2D eigenvalue weighted by molar-refractivity contribution is 7.22. The monoisotopic (exact) mass is 412 g/mol. The predicted molar refractivity (Wildman–Crippen MR) is 117 cm³/mol. The molecule has 1 N–H and O–H groups in total. The zero-order chi connectivity index (χ0) is 21.0. The van der Waals surface area contributed by atoms with Gasteiger partial charge in [-0.1, -0.05) is 13.3 Å². The third-order valence-electron chi connectivity index (χ3n) is 4.61. The van der Waals surface area contributed by atoms with Gasteiger partial charge in [-0.25, -0.2) is 14.8 Å². The van der Waals surface area contributed by atoms with E-state index in [1.807, 2.05) is 19.1 Å². The lowest BCUT2D eigenvalue weighted by molar-refractivity contribution is 0.324. The van der Waals surface area contributed by atoms with E-state index in [2.05, 4.69) is 17.1 Å². The molecule has 0 aliphatic rings. The fourth-order valence-corrected chi connectivity index (χ4v) is 4.05. The average Bonchev–Trinajstić information content (AvgIpc) is 3.08. The molecule has 0 bridgehead atoms. The SMILES string of the molecule is [C-]#[N+]c1sc2nc(-c3cc(OC)c(OC)c(OC)c3)nc(NCCCC)c2c1C. The molecule has 0 saturated heterocycles. The molecule has 152 valence electrons. The Bertz CT molecular complexity index is 1050. The number of thiophene rings is 1. The van der Waals surface area contributed by atoms with E-state index in [1.54, 1.807) is 21.3 Å². The van der Waals surface area contributed by atoms with Crippen LogP contribution in [0.5, 0.6) is 17.2 Å². The van der Waals surface area contributed by atoms with Crippen molar-refractivity contribution in [1.29, 1.82) is 0 Å². The number of rotatable bonds is 8. The number of aryl methyl sites for hydroxylation is 1. The molecule has 0 saturated carbocycles. The minimum atomic E-state index is 0.517. The summed E-state index contributed by atoms with van der Waals surface area (Å²) in [7, 11) is 4.72. The van der Waals surface area contributed by atoms with Gasteiger partial charge in [-0.15, -0.1) is 11.3 Å². The highest BCUT2D eigenvalue weighted by atomic mass is 32.1. The molecule has 3 aromatic rings. The van der Waals surface area contributed by atoms with Crippen LogP contribution in [0.3, 0.4) is 0 Å². The van der Waals surface area contributed by atoms with Crippen LogP contribution in [0.2, 0.25) is 0 Å². The topological polar surface area (TPSA) is 69.9 Å². The fraction of sp³-hybridized carbons (Fsp3) is 0.381. The molecule has 1 aromatic carbocycles. The van der Waals surface area contributed by atoms with Gasteiger partial charge in [0.25, 0.3) is 0 Å². The molecular formula is C21H24N4O3S. The highest BCUT2D eigenvalue weighted by Gasteiger charge is 2.20. The number of aromatic nitrogens is 2. The molecule has 0 radical (unpaired) electrons. The Labute approximate surface area is 174 Å². The number of benzene rings is 1. The molecule has 0 spiro atoms. The second-order valence-corrected chi connectivity index (χ2v) is 7.39. The molecule has 2 aromatic heterocycles. The summed E-state index contributed by atoms with van der Waals surface area (Å²) in [6.07, 6.45) is 2.11. The minimum Gasteiger partial charge on any atom is -0.493 e. The Morgan fingerprint density at radius 2 is 1.79 bits per heavy atom. The van der Waals surface area contributed by atoms with Crippen LogP contribution in [0, 0.1) is 13.5 Å². The van der Waals surface area contributed by atoms with E-state index in [-0.39, 0.29) is 0 Å². The van der Waals surface area contributed by atoms with E-state index in [0.717, 1.165) is 46.5 Å². The number of nitrogens with one attached hydrogen (secondary N) is 1. The van der Waals surface area contributed by atoms with Crippen LogP contribution in [0.25, 0.3) is 26.4 Å². The van der Waals surface area contributed by atoms with Gasteiger partial charge in [-0.3, -0.25) is 0 Å². The third kappa shape index (κ3) is 3.91. The van der Waals surface area contributed by atoms with E-state index in [1.165, 1.54) is 11.3 Å². The Morgan fingerprint density at radius 3 is 2.34 bits per heavy atom. The van der Waals surface area contributed by atoms with E-state index < -0.39 is 0 Å². The van der Waals surface area contributed by atoms with Gasteiger partial charge in [0.15, 0.2) is 17.3 Å². The van der Waals surface area contributed by atoms with Crippen LogP contribution in [0.4, 0.5) is 10.8 Å². The number of ether oxygens (including phenoxy) is 3. The molecule has 0 aliphatic heterocycles. The van der Waals surface area contributed by atoms with Crippen molar-refractivity contribution in [2.75, 3.05) is 33.2 Å². The van der Waals surface area contributed by atoms with Crippen molar-refractivity contribution in [3.63, 3.8) is 0 Å². The number of hydrogen-bond donors (Lipinski definition) is 1. The summed E-state index contributed by atoms with van der Waals surface area (Å²) in [6.45, 7) is 12.3. The predicted octanol–water partition coefficient (Wildman–Crippen LogP) is 5.46. The number of nitrogens with zero attached hydrogens (tertiary/aromatic N) is 3. The third-order valence-corrected chi connectivity index (χ3v) is 5.69. The summed E-state index contributed by atoms with van der Waals surface area (Å²) < 4.78 is 16.3. The number of unbranched alkanes of at least 4 members (excludes halogenated alkanes) is 1. The molecule has 7 nitrogen and oxygen atoms in total. The molecule has 0 fully saturated rings. The van der Waals surface area contributed by atoms with E-state index >= 15 is 0 Å². The second kappa shape index (κ2) is 8.97. The quantitative estimate of drug-likeness (QED) is 0.392.